The van der Waals surface area contributed by atoms with Crippen LogP contribution in [0.5, 0.6) is 0 Å². The Labute approximate surface area is 108 Å². The molecule has 0 radical (unpaired) electrons. The number of carbonyl (C=O) groups excluding carboxylic acids is 1. The Morgan fingerprint density at radius 2 is 2.50 bits per heavy atom. The van der Waals surface area contributed by atoms with Crippen molar-refractivity contribution in [3.63, 3.8) is 0 Å². The lowest BCUT2D eigenvalue weighted by Crippen LogP contribution is -2.24. The second-order valence-electron chi connectivity index (χ2n) is 4.94. The van der Waals surface area contributed by atoms with Gasteiger partial charge in [0.05, 0.1) is 12.2 Å². The van der Waals surface area contributed by atoms with Crippen molar-refractivity contribution in [3.8, 4) is 0 Å². The van der Waals surface area contributed by atoms with Crippen LogP contribution in [0, 0.1) is 12.8 Å². The third-order valence-corrected chi connectivity index (χ3v) is 3.51. The maximum atomic E-state index is 11.7. The number of nitrogens with zero attached hydrogens (tertiary/aromatic N) is 1. The van der Waals surface area contributed by atoms with Gasteiger partial charge in [-0.1, -0.05) is 6.07 Å². The predicted octanol–water partition coefficient (Wildman–Crippen LogP) is 1.40. The van der Waals surface area contributed by atoms with Crippen molar-refractivity contribution in [2.75, 3.05) is 13.1 Å². The zero-order chi connectivity index (χ0) is 12.8. The standard InChI is InChI=1S/C14H21N3O/c1-11-3-2-7-16-13(11)10-17-14(18)5-4-12-6-8-15-9-12/h2-3,7,12,15H,4-6,8-10H2,1H3,(H,17,18). The fourth-order valence-corrected chi connectivity index (χ4v) is 2.27. The highest BCUT2D eigenvalue weighted by Crippen LogP contribution is 2.14. The number of hydrogen-bond acceptors (Lipinski definition) is 3. The number of aromatic nitrogens is 1. The summed E-state index contributed by atoms with van der Waals surface area (Å²) in [7, 11) is 0. The van der Waals surface area contributed by atoms with Crippen LogP contribution in [0.4, 0.5) is 0 Å². The van der Waals surface area contributed by atoms with Gasteiger partial charge in [0.2, 0.25) is 5.91 Å². The van der Waals surface area contributed by atoms with E-state index in [4.69, 9.17) is 0 Å². The van der Waals surface area contributed by atoms with Crippen LogP contribution >= 0.6 is 0 Å². The summed E-state index contributed by atoms with van der Waals surface area (Å²) in [5, 5.41) is 6.26. The lowest BCUT2D eigenvalue weighted by molar-refractivity contribution is -0.121. The number of pyridine rings is 1. The van der Waals surface area contributed by atoms with Crippen molar-refractivity contribution >= 4 is 5.91 Å². The van der Waals surface area contributed by atoms with Crippen LogP contribution in [0.3, 0.4) is 0 Å². The van der Waals surface area contributed by atoms with Crippen LogP contribution in [0.1, 0.15) is 30.5 Å². The monoisotopic (exact) mass is 247 g/mol. The van der Waals surface area contributed by atoms with Crippen molar-refractivity contribution in [2.24, 2.45) is 5.92 Å². The lowest BCUT2D eigenvalue weighted by Gasteiger charge is -2.09. The molecular weight excluding hydrogens is 226 g/mol. The summed E-state index contributed by atoms with van der Waals surface area (Å²) in [5.74, 6) is 0.805. The molecule has 0 spiro atoms. The molecule has 4 heteroatoms. The van der Waals surface area contributed by atoms with E-state index in [1.54, 1.807) is 6.20 Å². The molecule has 1 aromatic rings. The molecule has 1 atom stereocenters. The topological polar surface area (TPSA) is 54.0 Å². The molecule has 0 aliphatic carbocycles. The fourth-order valence-electron chi connectivity index (χ4n) is 2.27. The van der Waals surface area contributed by atoms with Crippen LogP contribution in [-0.2, 0) is 11.3 Å². The van der Waals surface area contributed by atoms with Gasteiger partial charge in [-0.25, -0.2) is 0 Å². The van der Waals surface area contributed by atoms with Crippen LogP contribution in [0.15, 0.2) is 18.3 Å². The molecule has 1 unspecified atom stereocenters. The van der Waals surface area contributed by atoms with Gasteiger partial charge in [-0.3, -0.25) is 9.78 Å². The molecule has 2 N–H and O–H groups in total. The Hall–Kier alpha value is -1.42. The molecule has 1 saturated heterocycles. The van der Waals surface area contributed by atoms with Gasteiger partial charge in [0, 0.05) is 12.6 Å². The van der Waals surface area contributed by atoms with E-state index in [1.807, 2.05) is 19.1 Å². The first-order valence-corrected chi connectivity index (χ1v) is 6.63. The summed E-state index contributed by atoms with van der Waals surface area (Å²) < 4.78 is 0. The molecule has 4 nitrogen and oxygen atoms in total. The molecule has 0 bridgehead atoms. The van der Waals surface area contributed by atoms with Crippen LogP contribution in [-0.4, -0.2) is 24.0 Å². The van der Waals surface area contributed by atoms with E-state index in [-0.39, 0.29) is 5.91 Å². The smallest absolute Gasteiger partial charge is 0.220 e. The van der Waals surface area contributed by atoms with Crippen LogP contribution in [0.25, 0.3) is 0 Å². The Balaban J connectivity index is 1.69. The average molecular weight is 247 g/mol. The Morgan fingerprint density at radius 1 is 1.61 bits per heavy atom. The highest BCUT2D eigenvalue weighted by Gasteiger charge is 2.15. The normalized spacial score (nSPS) is 18.8. The van der Waals surface area contributed by atoms with E-state index in [9.17, 15) is 4.79 Å². The summed E-state index contributed by atoms with van der Waals surface area (Å²) in [5.41, 5.74) is 2.08. The number of nitrogens with one attached hydrogen (secondary N) is 2. The Bertz CT molecular complexity index is 400. The molecule has 1 aliphatic rings. The summed E-state index contributed by atoms with van der Waals surface area (Å²) in [4.78, 5) is 16.0. The summed E-state index contributed by atoms with van der Waals surface area (Å²) in [6.45, 7) is 4.71. The molecule has 18 heavy (non-hydrogen) atoms. The third-order valence-electron chi connectivity index (χ3n) is 3.51. The van der Waals surface area contributed by atoms with Crippen molar-refractivity contribution in [1.82, 2.24) is 15.6 Å². The highest BCUT2D eigenvalue weighted by molar-refractivity contribution is 5.75. The zero-order valence-electron chi connectivity index (χ0n) is 10.9. The van der Waals surface area contributed by atoms with Crippen LogP contribution < -0.4 is 10.6 Å². The summed E-state index contributed by atoms with van der Waals surface area (Å²) in [6.07, 6.45) is 4.57. The van der Waals surface area contributed by atoms with E-state index in [0.717, 1.165) is 30.8 Å². The van der Waals surface area contributed by atoms with E-state index >= 15 is 0 Å². The Morgan fingerprint density at radius 3 is 3.22 bits per heavy atom. The van der Waals surface area contributed by atoms with Crippen molar-refractivity contribution in [1.29, 1.82) is 0 Å². The highest BCUT2D eigenvalue weighted by atomic mass is 16.1. The minimum Gasteiger partial charge on any atom is -0.350 e. The zero-order valence-corrected chi connectivity index (χ0v) is 10.9. The van der Waals surface area contributed by atoms with Gasteiger partial charge in [0.25, 0.3) is 0 Å². The van der Waals surface area contributed by atoms with Crippen LogP contribution in [0.2, 0.25) is 0 Å². The number of carbonyl (C=O) groups is 1. The van der Waals surface area contributed by atoms with Gasteiger partial charge in [-0.2, -0.15) is 0 Å². The second-order valence-corrected chi connectivity index (χ2v) is 4.94. The second kappa shape index (κ2) is 6.50. The molecule has 0 saturated carbocycles. The van der Waals surface area contributed by atoms with E-state index in [1.165, 1.54) is 6.42 Å². The summed E-state index contributed by atoms with van der Waals surface area (Å²) >= 11 is 0. The summed E-state index contributed by atoms with van der Waals surface area (Å²) in [6, 6.07) is 3.92. The van der Waals surface area contributed by atoms with Crippen molar-refractivity contribution < 1.29 is 4.79 Å². The number of rotatable bonds is 5. The van der Waals surface area contributed by atoms with Gasteiger partial charge in [-0.05, 0) is 50.4 Å². The molecule has 1 aliphatic heterocycles. The Kier molecular flexibility index (Phi) is 4.70. The molecule has 0 aromatic carbocycles. The maximum Gasteiger partial charge on any atom is 0.220 e. The SMILES string of the molecule is Cc1cccnc1CNC(=O)CCC1CCNC1. The third kappa shape index (κ3) is 3.81. The predicted molar refractivity (Wildman–Crippen MR) is 71.0 cm³/mol. The first kappa shape index (κ1) is 13.0. The van der Waals surface area contributed by atoms with E-state index < -0.39 is 0 Å². The first-order valence-electron chi connectivity index (χ1n) is 6.63. The molecular formula is C14H21N3O. The lowest BCUT2D eigenvalue weighted by atomic mass is 10.0. The van der Waals surface area contributed by atoms with Gasteiger partial charge >= 0.3 is 0 Å². The van der Waals surface area contributed by atoms with E-state index in [2.05, 4.69) is 15.6 Å². The van der Waals surface area contributed by atoms with Gasteiger partial charge in [0.1, 0.15) is 0 Å². The number of hydrogen-bond donors (Lipinski definition) is 2. The molecule has 1 fully saturated rings. The van der Waals surface area contributed by atoms with Crippen molar-refractivity contribution in [3.05, 3.63) is 29.6 Å². The number of amides is 1. The fraction of sp³-hybridized carbons (Fsp3) is 0.571. The van der Waals surface area contributed by atoms with Gasteiger partial charge in [-0.15, -0.1) is 0 Å². The molecule has 2 rings (SSSR count). The molecule has 98 valence electrons. The first-order chi connectivity index (χ1) is 8.75. The van der Waals surface area contributed by atoms with Crippen molar-refractivity contribution in [2.45, 2.75) is 32.7 Å². The minimum atomic E-state index is 0.131. The van der Waals surface area contributed by atoms with Gasteiger partial charge in [0.15, 0.2) is 0 Å². The van der Waals surface area contributed by atoms with E-state index in [0.29, 0.717) is 18.9 Å². The minimum absolute atomic E-state index is 0.131. The average Bonchev–Trinajstić information content (AvgIpc) is 2.88. The largest absolute Gasteiger partial charge is 0.350 e. The molecule has 2 heterocycles. The number of aryl methyl sites for hydroxylation is 1. The quantitative estimate of drug-likeness (QED) is 0.827. The molecule has 1 aromatic heterocycles. The maximum absolute atomic E-state index is 11.7. The molecule has 1 amide bonds. The van der Waals surface area contributed by atoms with Gasteiger partial charge < -0.3 is 10.6 Å².